The number of hydrogen-bond donors (Lipinski definition) is 4. The highest BCUT2D eigenvalue weighted by atomic mass is 31.2. The molecular weight excluding hydrogens is 134 g/mol. The molecule has 7 heteroatoms. The van der Waals surface area contributed by atoms with Crippen molar-refractivity contribution in [2.45, 2.75) is 0 Å². The molecule has 0 aliphatic heterocycles. The number of carbonyl (C=O) groups is 1. The topological polar surface area (TPSA) is 98.0 Å². The molecule has 0 unspecified atom stereocenters. The van der Waals surface area contributed by atoms with Crippen molar-refractivity contribution in [1.82, 2.24) is 0 Å². The van der Waals surface area contributed by atoms with E-state index < -0.39 is 13.7 Å². The van der Waals surface area contributed by atoms with E-state index in [4.69, 9.17) is 19.8 Å². The standard InChI is InChI=1S/CH4BO5P/c3-1(4)2-8(5,6)7/h5-7H,(H,3,4)/q+1. The lowest BCUT2D eigenvalue weighted by Gasteiger charge is -1.94. The van der Waals surface area contributed by atoms with Gasteiger partial charge in [-0.3, -0.25) is 4.79 Å². The van der Waals surface area contributed by atoms with Gasteiger partial charge in [-0.05, 0) is 0 Å². The molecule has 5 nitrogen and oxygen atoms in total. The summed E-state index contributed by atoms with van der Waals surface area (Å²) in [5, 5.41) is 7.74. The maximum absolute atomic E-state index is 9.51. The van der Waals surface area contributed by atoms with Gasteiger partial charge >= 0.3 is 20.7 Å². The number of carboxylic acid groups (broad SMARTS) is 1. The molecule has 0 saturated carbocycles. The van der Waals surface area contributed by atoms with Crippen LogP contribution in [-0.4, -0.2) is 32.7 Å². The second kappa shape index (κ2) is 2.41. The molecule has 0 aliphatic rings. The third-order valence-electron chi connectivity index (χ3n) is 0.284. The Morgan fingerprint density at radius 2 is 1.75 bits per heavy atom. The highest BCUT2D eigenvalue weighted by molar-refractivity contribution is 7.91. The van der Waals surface area contributed by atoms with Gasteiger partial charge in [0.2, 0.25) is 0 Å². The van der Waals surface area contributed by atoms with Crippen molar-refractivity contribution in [3.63, 3.8) is 0 Å². The van der Waals surface area contributed by atoms with Gasteiger partial charge in [-0.1, -0.05) is 0 Å². The van der Waals surface area contributed by atoms with Crippen molar-refractivity contribution in [3.05, 3.63) is 0 Å². The Morgan fingerprint density at radius 1 is 1.38 bits per heavy atom. The van der Waals surface area contributed by atoms with Gasteiger partial charge in [-0.15, -0.1) is 0 Å². The van der Waals surface area contributed by atoms with Crippen molar-refractivity contribution in [2.24, 2.45) is 0 Å². The van der Waals surface area contributed by atoms with Gasteiger partial charge in [0.05, 0.1) is 0 Å². The SMILES string of the molecule is O=C(O)[B][P+](O)(O)O. The van der Waals surface area contributed by atoms with Crippen LogP contribution in [0, 0.1) is 0 Å². The number of hydrogen-bond acceptors (Lipinski definition) is 4. The Bertz CT molecular complexity index is 95.1. The van der Waals surface area contributed by atoms with Crippen LogP contribution in [0.25, 0.3) is 0 Å². The summed E-state index contributed by atoms with van der Waals surface area (Å²) < 4.78 is 0. The fraction of sp³-hybridized carbons (Fsp3) is 0. The Balaban J connectivity index is 3.55. The molecule has 0 rings (SSSR count). The van der Waals surface area contributed by atoms with Crippen LogP contribution >= 0.6 is 7.82 Å². The fourth-order valence-electron chi connectivity index (χ4n) is 0.148. The lowest BCUT2D eigenvalue weighted by atomic mass is 10.1. The van der Waals surface area contributed by atoms with E-state index in [1.165, 1.54) is 0 Å². The molecule has 0 aromatic heterocycles. The van der Waals surface area contributed by atoms with Crippen molar-refractivity contribution < 1.29 is 24.6 Å². The fourth-order valence-corrected chi connectivity index (χ4v) is 0.445. The molecule has 45 valence electrons. The van der Waals surface area contributed by atoms with Gasteiger partial charge in [0, 0.05) is 0 Å². The van der Waals surface area contributed by atoms with Gasteiger partial charge in [0.1, 0.15) is 0 Å². The highest BCUT2D eigenvalue weighted by Gasteiger charge is 2.39. The molecule has 4 N–H and O–H groups in total. The van der Waals surface area contributed by atoms with Crippen LogP contribution in [0.3, 0.4) is 0 Å². The maximum Gasteiger partial charge on any atom is 0.600 e. The van der Waals surface area contributed by atoms with Crippen LogP contribution in [0.2, 0.25) is 0 Å². The zero-order valence-electron chi connectivity index (χ0n) is 3.72. The maximum atomic E-state index is 9.51. The summed E-state index contributed by atoms with van der Waals surface area (Å²) in [6.07, 6.45) is 0. The summed E-state index contributed by atoms with van der Waals surface area (Å²) in [6.45, 7) is 0.0486. The van der Waals surface area contributed by atoms with Crippen molar-refractivity contribution in [2.75, 3.05) is 0 Å². The molecule has 0 aromatic rings. The third-order valence-corrected chi connectivity index (χ3v) is 0.851. The van der Waals surface area contributed by atoms with Gasteiger partial charge in [-0.2, -0.15) is 0 Å². The Labute approximate surface area is 46.4 Å². The predicted molar refractivity (Wildman–Crippen MR) is 27.4 cm³/mol. The van der Waals surface area contributed by atoms with E-state index in [1.807, 2.05) is 0 Å². The lowest BCUT2D eigenvalue weighted by Crippen LogP contribution is -2.09. The van der Waals surface area contributed by atoms with E-state index in [-0.39, 0.29) is 7.00 Å². The molecule has 0 heterocycles. The predicted octanol–water partition coefficient (Wildman–Crippen LogP) is -0.977. The van der Waals surface area contributed by atoms with Crippen LogP contribution in [0.15, 0.2) is 0 Å². The van der Waals surface area contributed by atoms with Gasteiger partial charge in [0.25, 0.3) is 0 Å². The van der Waals surface area contributed by atoms with Crippen LogP contribution < -0.4 is 0 Å². The first kappa shape index (κ1) is 7.84. The molecule has 1 radical (unpaired) electrons. The summed E-state index contributed by atoms with van der Waals surface area (Å²) in [4.78, 5) is 33.4. The van der Waals surface area contributed by atoms with Crippen LogP contribution in [0.1, 0.15) is 0 Å². The Hall–Kier alpha value is -0.155. The average Bonchev–Trinajstić information content (AvgIpc) is 1.21. The van der Waals surface area contributed by atoms with E-state index in [1.54, 1.807) is 0 Å². The molecule has 0 spiro atoms. The first-order valence-electron chi connectivity index (χ1n) is 1.57. The first-order valence-corrected chi connectivity index (χ1v) is 3.29. The van der Waals surface area contributed by atoms with Crippen LogP contribution in [0.4, 0.5) is 4.79 Å². The molecule has 8 heavy (non-hydrogen) atoms. The smallest absolute Gasteiger partial charge is 0.486 e. The van der Waals surface area contributed by atoms with E-state index in [9.17, 15) is 4.79 Å². The summed E-state index contributed by atoms with van der Waals surface area (Å²) in [7, 11) is -4.20. The lowest BCUT2D eigenvalue weighted by molar-refractivity contribution is 0.220. The van der Waals surface area contributed by atoms with Gasteiger partial charge in [-0.25, -0.2) is 14.7 Å². The molecule has 0 bridgehead atoms. The molecule has 0 amide bonds. The molecule has 0 saturated heterocycles. The van der Waals surface area contributed by atoms with E-state index >= 15 is 0 Å². The zero-order valence-corrected chi connectivity index (χ0v) is 4.62. The van der Waals surface area contributed by atoms with Crippen LogP contribution in [-0.2, 0) is 0 Å². The van der Waals surface area contributed by atoms with E-state index in [0.717, 1.165) is 0 Å². The Kier molecular flexibility index (Phi) is 2.37. The summed E-state index contributed by atoms with van der Waals surface area (Å²) in [5.41, 5.74) is 0. The van der Waals surface area contributed by atoms with E-state index in [0.29, 0.717) is 0 Å². The van der Waals surface area contributed by atoms with Gasteiger partial charge in [0.15, 0.2) is 0 Å². The van der Waals surface area contributed by atoms with Gasteiger partial charge < -0.3 is 5.11 Å². The summed E-state index contributed by atoms with van der Waals surface area (Å²) >= 11 is 0. The second-order valence-corrected chi connectivity index (χ2v) is 2.57. The average molecular weight is 138 g/mol. The quantitative estimate of drug-likeness (QED) is 0.290. The van der Waals surface area contributed by atoms with Crippen molar-refractivity contribution in [1.29, 1.82) is 0 Å². The number of rotatable bonds is 2. The molecule has 0 fully saturated rings. The molecule has 0 aromatic carbocycles. The Morgan fingerprint density at radius 3 is 1.75 bits per heavy atom. The molecule has 0 atom stereocenters. The minimum atomic E-state index is -4.20. The summed E-state index contributed by atoms with van der Waals surface area (Å²) in [5.74, 6) is -1.55. The largest absolute Gasteiger partial charge is 0.600 e. The highest BCUT2D eigenvalue weighted by Crippen LogP contribution is 2.41. The second-order valence-electron chi connectivity index (χ2n) is 1.08. The monoisotopic (exact) mass is 138 g/mol. The summed E-state index contributed by atoms with van der Waals surface area (Å²) in [6, 6.07) is 0. The first-order chi connectivity index (χ1) is 3.42. The van der Waals surface area contributed by atoms with Crippen molar-refractivity contribution >= 4 is 20.7 Å². The van der Waals surface area contributed by atoms with Crippen molar-refractivity contribution in [3.8, 4) is 0 Å². The minimum Gasteiger partial charge on any atom is -0.486 e. The molecular formula is CH4BO5P+. The molecule has 0 aliphatic carbocycles. The van der Waals surface area contributed by atoms with E-state index in [2.05, 4.69) is 0 Å². The third kappa shape index (κ3) is 5.84. The normalized spacial score (nSPS) is 10.9. The van der Waals surface area contributed by atoms with Crippen LogP contribution in [0.5, 0.6) is 0 Å². The zero-order chi connectivity index (χ0) is 6.78. The minimum absolute atomic E-state index is 0.0486.